The zero-order valence-electron chi connectivity index (χ0n) is 24.0. The number of cyclic esters (lactones) is 1. The van der Waals surface area contributed by atoms with Gasteiger partial charge in [-0.15, -0.1) is 0 Å². The maximum atomic E-state index is 13.6. The highest BCUT2D eigenvalue weighted by atomic mass is 28.4. The molecule has 216 valence electrons. The second-order valence-electron chi connectivity index (χ2n) is 11.6. The Labute approximate surface area is 243 Å². The molecule has 0 saturated carbocycles. The molecular weight excluding hydrogens is 534 g/mol. The molecule has 0 aliphatic carbocycles. The standard InChI is InChI=1S/C33H39NO6Si/c1-33(2,3)41(28-17-9-5-10-18-28,29-19-11-6-12-20-29)40-21-13-16-26(23-30(35)36)31(37)34-27(24-39-32(34)38)22-25-14-7-4-8-15-25/h4-12,14-15,17-20,26-27H,13,16,21-24H2,1-3H3,(H,35,36)/t26-,27+/m0/s1. The molecule has 2 atom stereocenters. The Balaban J connectivity index is 1.52. The van der Waals surface area contributed by atoms with Gasteiger partial charge in [-0.3, -0.25) is 9.59 Å². The average molecular weight is 574 g/mol. The number of benzene rings is 3. The quantitative estimate of drug-likeness (QED) is 0.242. The summed E-state index contributed by atoms with van der Waals surface area (Å²) in [6.07, 6.45) is 0.135. The molecule has 7 nitrogen and oxygen atoms in total. The van der Waals surface area contributed by atoms with Crippen LogP contribution >= 0.6 is 0 Å². The average Bonchev–Trinajstić information content (AvgIpc) is 3.32. The lowest BCUT2D eigenvalue weighted by Crippen LogP contribution is -2.66. The Hall–Kier alpha value is -3.75. The van der Waals surface area contributed by atoms with Crippen LogP contribution in [0.5, 0.6) is 0 Å². The summed E-state index contributed by atoms with van der Waals surface area (Å²) in [7, 11) is -2.76. The third kappa shape index (κ3) is 6.94. The highest BCUT2D eigenvalue weighted by Gasteiger charge is 2.50. The second-order valence-corrected chi connectivity index (χ2v) is 15.9. The largest absolute Gasteiger partial charge is 0.481 e. The summed E-state index contributed by atoms with van der Waals surface area (Å²) in [5.74, 6) is -2.44. The Bertz CT molecular complexity index is 1270. The summed E-state index contributed by atoms with van der Waals surface area (Å²) in [6.45, 7) is 7.04. The first kappa shape index (κ1) is 30.2. The third-order valence-electron chi connectivity index (χ3n) is 7.72. The van der Waals surface area contributed by atoms with E-state index in [2.05, 4.69) is 45.0 Å². The van der Waals surface area contributed by atoms with E-state index in [1.165, 1.54) is 0 Å². The summed E-state index contributed by atoms with van der Waals surface area (Å²) in [5.41, 5.74) is 0.974. The van der Waals surface area contributed by atoms with E-state index in [1.807, 2.05) is 66.7 Å². The molecule has 0 radical (unpaired) electrons. The van der Waals surface area contributed by atoms with Gasteiger partial charge in [-0.05, 0) is 40.2 Å². The zero-order chi connectivity index (χ0) is 29.5. The molecule has 8 heteroatoms. The molecule has 0 spiro atoms. The molecular formula is C33H39NO6Si. The zero-order valence-corrected chi connectivity index (χ0v) is 25.0. The molecule has 1 saturated heterocycles. The van der Waals surface area contributed by atoms with Crippen LogP contribution in [0, 0.1) is 5.92 Å². The van der Waals surface area contributed by atoms with Gasteiger partial charge in [0.2, 0.25) is 5.91 Å². The SMILES string of the molecule is CC(C)(C)[Si](OCCC[C@@H](CC(=O)O)C(=O)N1C(=O)OC[C@H]1Cc1ccccc1)(c1ccccc1)c1ccccc1. The number of carboxylic acids is 1. The van der Waals surface area contributed by atoms with Gasteiger partial charge >= 0.3 is 12.1 Å². The van der Waals surface area contributed by atoms with Gasteiger partial charge in [0.1, 0.15) is 6.61 Å². The topological polar surface area (TPSA) is 93.1 Å². The van der Waals surface area contributed by atoms with Gasteiger partial charge in [0, 0.05) is 12.5 Å². The lowest BCUT2D eigenvalue weighted by atomic mass is 9.96. The fourth-order valence-electron chi connectivity index (χ4n) is 5.80. The van der Waals surface area contributed by atoms with E-state index in [0.717, 1.165) is 20.8 Å². The van der Waals surface area contributed by atoms with E-state index in [1.54, 1.807) is 0 Å². The molecule has 3 aromatic carbocycles. The van der Waals surface area contributed by atoms with E-state index >= 15 is 0 Å². The molecule has 4 rings (SSSR count). The highest BCUT2D eigenvalue weighted by Crippen LogP contribution is 2.37. The van der Waals surface area contributed by atoms with Gasteiger partial charge in [0.15, 0.2) is 0 Å². The summed E-state index contributed by atoms with van der Waals surface area (Å²) in [6, 6.07) is 29.7. The fourth-order valence-corrected chi connectivity index (χ4v) is 10.4. The van der Waals surface area contributed by atoms with Crippen molar-refractivity contribution in [3.63, 3.8) is 0 Å². The number of hydrogen-bond donors (Lipinski definition) is 1. The van der Waals surface area contributed by atoms with E-state index in [0.29, 0.717) is 19.4 Å². The maximum absolute atomic E-state index is 13.6. The second kappa shape index (κ2) is 13.3. The minimum absolute atomic E-state index is 0.0935. The number of rotatable bonds is 12. The molecule has 1 N–H and O–H groups in total. The number of aliphatic carboxylic acids is 1. The van der Waals surface area contributed by atoms with Crippen LogP contribution in [0.15, 0.2) is 91.0 Å². The number of nitrogens with zero attached hydrogens (tertiary/aromatic N) is 1. The minimum Gasteiger partial charge on any atom is -0.481 e. The Morgan fingerprint density at radius 2 is 1.49 bits per heavy atom. The van der Waals surface area contributed by atoms with Crippen molar-refractivity contribution in [2.75, 3.05) is 13.2 Å². The number of carbonyl (C=O) groups excluding carboxylic acids is 2. The van der Waals surface area contributed by atoms with Gasteiger partial charge in [0.05, 0.1) is 12.5 Å². The van der Waals surface area contributed by atoms with Crippen LogP contribution in [-0.2, 0) is 25.2 Å². The minimum atomic E-state index is -2.76. The number of imide groups is 1. The van der Waals surface area contributed by atoms with Crippen LogP contribution < -0.4 is 10.4 Å². The Morgan fingerprint density at radius 3 is 2.00 bits per heavy atom. The van der Waals surface area contributed by atoms with E-state index in [-0.39, 0.29) is 24.5 Å². The van der Waals surface area contributed by atoms with Crippen LogP contribution in [-0.4, -0.2) is 55.5 Å². The van der Waals surface area contributed by atoms with E-state index in [9.17, 15) is 19.5 Å². The smallest absolute Gasteiger partial charge is 0.416 e. The van der Waals surface area contributed by atoms with Gasteiger partial charge in [-0.1, -0.05) is 112 Å². The van der Waals surface area contributed by atoms with Gasteiger partial charge in [-0.2, -0.15) is 0 Å². The first-order valence-corrected chi connectivity index (χ1v) is 16.0. The monoisotopic (exact) mass is 573 g/mol. The van der Waals surface area contributed by atoms with Crippen molar-refractivity contribution in [1.82, 2.24) is 4.90 Å². The normalized spacial score (nSPS) is 16.3. The number of carbonyl (C=O) groups is 3. The predicted octanol–water partition coefficient (Wildman–Crippen LogP) is 5.02. The lowest BCUT2D eigenvalue weighted by Gasteiger charge is -2.43. The molecule has 3 aromatic rings. The van der Waals surface area contributed by atoms with Gasteiger partial charge < -0.3 is 14.3 Å². The first-order valence-electron chi connectivity index (χ1n) is 14.1. The third-order valence-corrected chi connectivity index (χ3v) is 12.8. The summed E-state index contributed by atoms with van der Waals surface area (Å²) in [5, 5.41) is 11.7. The molecule has 1 fully saturated rings. The van der Waals surface area contributed by atoms with Crippen molar-refractivity contribution in [3.05, 3.63) is 96.6 Å². The summed E-state index contributed by atoms with van der Waals surface area (Å²) in [4.78, 5) is 39.1. The molecule has 1 aliphatic rings. The number of carboxylic acid groups (broad SMARTS) is 1. The van der Waals surface area contributed by atoms with Crippen LogP contribution in [0.25, 0.3) is 0 Å². The van der Waals surface area contributed by atoms with Gasteiger partial charge in [-0.25, -0.2) is 9.69 Å². The predicted molar refractivity (Wildman–Crippen MR) is 161 cm³/mol. The van der Waals surface area contributed by atoms with Crippen molar-refractivity contribution in [1.29, 1.82) is 0 Å². The fraction of sp³-hybridized carbons (Fsp3) is 0.364. The molecule has 2 amide bonds. The van der Waals surface area contributed by atoms with Crippen molar-refractivity contribution >= 4 is 36.7 Å². The van der Waals surface area contributed by atoms with Crippen LogP contribution in [0.1, 0.15) is 45.6 Å². The summed E-state index contributed by atoms with van der Waals surface area (Å²) >= 11 is 0. The number of hydrogen-bond acceptors (Lipinski definition) is 5. The Morgan fingerprint density at radius 1 is 0.951 bits per heavy atom. The molecule has 1 heterocycles. The maximum Gasteiger partial charge on any atom is 0.416 e. The molecule has 0 aromatic heterocycles. The first-order chi connectivity index (χ1) is 19.6. The van der Waals surface area contributed by atoms with Crippen molar-refractivity contribution in [2.24, 2.45) is 5.92 Å². The number of amides is 2. The number of ether oxygens (including phenoxy) is 1. The van der Waals surface area contributed by atoms with Crippen molar-refractivity contribution in [2.45, 2.75) is 57.5 Å². The van der Waals surface area contributed by atoms with Gasteiger partial charge in [0.25, 0.3) is 8.32 Å². The molecule has 0 bridgehead atoms. The Kier molecular flexibility index (Phi) is 9.78. The highest BCUT2D eigenvalue weighted by molar-refractivity contribution is 6.99. The molecule has 41 heavy (non-hydrogen) atoms. The van der Waals surface area contributed by atoms with Crippen LogP contribution in [0.4, 0.5) is 4.79 Å². The van der Waals surface area contributed by atoms with Crippen molar-refractivity contribution < 1.29 is 28.7 Å². The molecule has 0 unspecified atom stereocenters. The van der Waals surface area contributed by atoms with Crippen molar-refractivity contribution in [3.8, 4) is 0 Å². The summed E-state index contributed by atoms with van der Waals surface area (Å²) < 4.78 is 12.2. The van der Waals surface area contributed by atoms with Crippen LogP contribution in [0.2, 0.25) is 5.04 Å². The van der Waals surface area contributed by atoms with E-state index < -0.39 is 38.2 Å². The lowest BCUT2D eigenvalue weighted by molar-refractivity contribution is -0.144. The molecule has 1 aliphatic heterocycles. The van der Waals surface area contributed by atoms with E-state index in [4.69, 9.17) is 9.16 Å². The van der Waals surface area contributed by atoms with Crippen LogP contribution in [0.3, 0.4) is 0 Å².